The van der Waals surface area contributed by atoms with Gasteiger partial charge in [0.05, 0.1) is 0 Å². The third kappa shape index (κ3) is 1.58. The van der Waals surface area contributed by atoms with Crippen LogP contribution in [0.3, 0.4) is 0 Å². The predicted molar refractivity (Wildman–Crippen MR) is 105 cm³/mol. The Hall–Kier alpha value is -2.54. The molecule has 0 radical (unpaired) electrons. The number of fused-ring (bicyclic) bond motifs is 10. The highest BCUT2D eigenvalue weighted by Gasteiger charge is 2.59. The molecule has 2 aromatic rings. The zero-order valence-electron chi connectivity index (χ0n) is 14.7. The first-order chi connectivity index (χ1) is 12.8. The van der Waals surface area contributed by atoms with Crippen molar-refractivity contribution in [1.82, 2.24) is 0 Å². The number of phenols is 1. The van der Waals surface area contributed by atoms with E-state index >= 15 is 0 Å². The fourth-order valence-electron chi connectivity index (χ4n) is 6.30. The topological polar surface area (TPSA) is 20.2 Å². The highest BCUT2D eigenvalue weighted by Crippen LogP contribution is 2.67. The first kappa shape index (κ1) is 14.6. The smallest absolute Gasteiger partial charge is 0.115 e. The molecule has 4 unspecified atom stereocenters. The first-order valence-electron chi connectivity index (χ1n) is 9.80. The number of rotatable bonds is 0. The molecule has 4 aliphatic rings. The summed E-state index contributed by atoms with van der Waals surface area (Å²) in [5.41, 5.74) is 7.17. The van der Waals surface area contributed by atoms with Gasteiger partial charge in [0.25, 0.3) is 0 Å². The maximum absolute atomic E-state index is 10.4. The van der Waals surface area contributed by atoms with Gasteiger partial charge < -0.3 is 5.11 Å². The predicted octanol–water partition coefficient (Wildman–Crippen LogP) is 5.73. The molecule has 1 spiro atoms. The van der Waals surface area contributed by atoms with Crippen LogP contribution in [0.1, 0.15) is 53.4 Å². The summed E-state index contributed by atoms with van der Waals surface area (Å²) in [6.07, 6.45) is 15.4. The Kier molecular flexibility index (Phi) is 2.81. The lowest BCUT2D eigenvalue weighted by Crippen LogP contribution is -2.34. The normalized spacial score (nSPS) is 32.8. The second-order valence-corrected chi connectivity index (χ2v) is 8.13. The number of hydrogen-bond acceptors (Lipinski definition) is 1. The summed E-state index contributed by atoms with van der Waals surface area (Å²) in [5, 5.41) is 10.4. The van der Waals surface area contributed by atoms with Gasteiger partial charge in [-0.15, -0.1) is 0 Å². The van der Waals surface area contributed by atoms with E-state index in [1.807, 2.05) is 12.1 Å². The number of allylic oxidation sites excluding steroid dienone is 6. The molecule has 1 nitrogen and oxygen atoms in total. The van der Waals surface area contributed by atoms with Gasteiger partial charge in [0.2, 0.25) is 0 Å². The summed E-state index contributed by atoms with van der Waals surface area (Å²) < 4.78 is 0. The lowest BCUT2D eigenvalue weighted by atomic mass is 9.64. The molecule has 0 bridgehead atoms. The van der Waals surface area contributed by atoms with E-state index in [9.17, 15) is 5.11 Å². The number of phenolic OH excluding ortho intramolecular Hbond substituents is 1. The average Bonchev–Trinajstić information content (AvgIpc) is 3.15. The molecule has 4 aliphatic carbocycles. The van der Waals surface area contributed by atoms with Crippen LogP contribution in [0, 0.1) is 5.92 Å². The zero-order chi connectivity index (χ0) is 17.3. The first-order valence-corrected chi connectivity index (χ1v) is 9.80. The van der Waals surface area contributed by atoms with Crippen LogP contribution in [0.25, 0.3) is 0 Å². The molecule has 0 heterocycles. The van der Waals surface area contributed by atoms with Crippen molar-refractivity contribution >= 4 is 0 Å². The molecule has 1 heteroatoms. The Morgan fingerprint density at radius 3 is 2.77 bits per heavy atom. The fraction of sp³-hybridized carbons (Fsp3) is 0.280. The summed E-state index contributed by atoms with van der Waals surface area (Å²) in [6, 6.07) is 15.1. The standard InChI is InChI=1S/C25H22O/c26-16-13-14-20-19-9-3-6-12-23(19)25(24(20)15-16)21-10-4-1-7-17(21)18-8-2-5-11-22(18)25/h1,3-4,6-7,9-15,18-19,23,26H,2,5,8H2. The zero-order valence-corrected chi connectivity index (χ0v) is 14.7. The van der Waals surface area contributed by atoms with Crippen LogP contribution in [0.2, 0.25) is 0 Å². The Morgan fingerprint density at radius 2 is 1.81 bits per heavy atom. The third-order valence-electron chi connectivity index (χ3n) is 7.11. The van der Waals surface area contributed by atoms with E-state index in [0.717, 1.165) is 0 Å². The second-order valence-electron chi connectivity index (χ2n) is 8.13. The van der Waals surface area contributed by atoms with E-state index in [1.165, 1.54) is 41.5 Å². The number of benzene rings is 2. The Balaban J connectivity index is 1.75. The summed E-state index contributed by atoms with van der Waals surface area (Å²) in [4.78, 5) is 0. The molecule has 128 valence electrons. The van der Waals surface area contributed by atoms with E-state index in [4.69, 9.17) is 0 Å². The van der Waals surface area contributed by atoms with E-state index in [-0.39, 0.29) is 5.41 Å². The second kappa shape index (κ2) is 5.01. The molecule has 26 heavy (non-hydrogen) atoms. The summed E-state index contributed by atoms with van der Waals surface area (Å²) >= 11 is 0. The monoisotopic (exact) mass is 338 g/mol. The van der Waals surface area contributed by atoms with E-state index < -0.39 is 0 Å². The molecule has 0 saturated carbocycles. The van der Waals surface area contributed by atoms with Crippen molar-refractivity contribution in [3.05, 3.63) is 101 Å². The molecule has 0 saturated heterocycles. The highest BCUT2D eigenvalue weighted by molar-refractivity contribution is 5.70. The van der Waals surface area contributed by atoms with Crippen LogP contribution in [0.4, 0.5) is 0 Å². The maximum Gasteiger partial charge on any atom is 0.115 e. The van der Waals surface area contributed by atoms with Crippen molar-refractivity contribution in [2.24, 2.45) is 5.92 Å². The summed E-state index contributed by atoms with van der Waals surface area (Å²) in [6.45, 7) is 0. The minimum atomic E-state index is -0.109. The molecular formula is C25H22O. The largest absolute Gasteiger partial charge is 0.508 e. The molecule has 0 amide bonds. The Bertz CT molecular complexity index is 1010. The third-order valence-corrected chi connectivity index (χ3v) is 7.11. The van der Waals surface area contributed by atoms with Crippen LogP contribution in [0.15, 0.2) is 78.4 Å². The van der Waals surface area contributed by atoms with Crippen LogP contribution in [0.5, 0.6) is 5.75 Å². The van der Waals surface area contributed by atoms with Gasteiger partial charge in [-0.1, -0.05) is 66.3 Å². The van der Waals surface area contributed by atoms with Gasteiger partial charge in [-0.3, -0.25) is 0 Å². The Morgan fingerprint density at radius 1 is 0.923 bits per heavy atom. The van der Waals surface area contributed by atoms with E-state index in [1.54, 1.807) is 5.57 Å². The molecule has 4 atom stereocenters. The molecule has 0 fully saturated rings. The van der Waals surface area contributed by atoms with Crippen LogP contribution >= 0.6 is 0 Å². The van der Waals surface area contributed by atoms with Crippen molar-refractivity contribution in [2.75, 3.05) is 0 Å². The lowest BCUT2D eigenvalue weighted by molar-refractivity contribution is 0.434. The van der Waals surface area contributed by atoms with Gasteiger partial charge in [-0.2, -0.15) is 0 Å². The van der Waals surface area contributed by atoms with Gasteiger partial charge in [-0.05, 0) is 53.6 Å². The van der Waals surface area contributed by atoms with Crippen molar-refractivity contribution < 1.29 is 5.11 Å². The minimum absolute atomic E-state index is 0.109. The average molecular weight is 338 g/mol. The van der Waals surface area contributed by atoms with Crippen LogP contribution in [-0.2, 0) is 5.41 Å². The Labute approximate surface area is 154 Å². The van der Waals surface area contributed by atoms with Gasteiger partial charge >= 0.3 is 0 Å². The molecule has 1 N–H and O–H groups in total. The molecular weight excluding hydrogens is 316 g/mol. The molecule has 6 rings (SSSR count). The molecule has 0 aliphatic heterocycles. The molecule has 2 aromatic carbocycles. The molecule has 0 aromatic heterocycles. The maximum atomic E-state index is 10.4. The van der Waals surface area contributed by atoms with Crippen LogP contribution in [-0.4, -0.2) is 5.11 Å². The van der Waals surface area contributed by atoms with Gasteiger partial charge in [0.15, 0.2) is 0 Å². The van der Waals surface area contributed by atoms with Crippen molar-refractivity contribution in [1.29, 1.82) is 0 Å². The fourth-order valence-corrected chi connectivity index (χ4v) is 6.30. The lowest BCUT2D eigenvalue weighted by Gasteiger charge is -2.38. The van der Waals surface area contributed by atoms with E-state index in [2.05, 4.69) is 60.7 Å². The number of hydrogen-bond donors (Lipinski definition) is 1. The quantitative estimate of drug-likeness (QED) is 0.609. The highest BCUT2D eigenvalue weighted by atomic mass is 16.3. The van der Waals surface area contributed by atoms with Gasteiger partial charge in [0, 0.05) is 23.2 Å². The van der Waals surface area contributed by atoms with E-state index in [0.29, 0.717) is 23.5 Å². The van der Waals surface area contributed by atoms with Crippen molar-refractivity contribution in [3.8, 4) is 5.75 Å². The van der Waals surface area contributed by atoms with Gasteiger partial charge in [0.1, 0.15) is 5.75 Å². The van der Waals surface area contributed by atoms with Gasteiger partial charge in [-0.25, -0.2) is 0 Å². The van der Waals surface area contributed by atoms with Crippen LogP contribution < -0.4 is 0 Å². The minimum Gasteiger partial charge on any atom is -0.508 e. The summed E-state index contributed by atoms with van der Waals surface area (Å²) in [5.74, 6) is 1.71. The van der Waals surface area contributed by atoms with Crippen molar-refractivity contribution in [2.45, 2.75) is 36.5 Å². The summed E-state index contributed by atoms with van der Waals surface area (Å²) in [7, 11) is 0. The van der Waals surface area contributed by atoms with Crippen molar-refractivity contribution in [3.63, 3.8) is 0 Å². The number of aromatic hydroxyl groups is 1. The SMILES string of the molecule is Oc1ccc2c(c1)C1(C3=CCCCC3c3ccccc31)C1C=CC=CC21.